The summed E-state index contributed by atoms with van der Waals surface area (Å²) in [6.45, 7) is 1.79. The molecule has 1 aromatic carbocycles. The predicted octanol–water partition coefficient (Wildman–Crippen LogP) is 2.79. The van der Waals surface area contributed by atoms with Gasteiger partial charge in [-0.2, -0.15) is 5.10 Å². The lowest BCUT2D eigenvalue weighted by atomic mass is 10.2. The second-order valence-electron chi connectivity index (χ2n) is 4.83. The Labute approximate surface area is 121 Å². The molecule has 18 heavy (non-hydrogen) atoms. The Bertz CT molecular complexity index is 514. The molecule has 1 aliphatic carbocycles. The third kappa shape index (κ3) is 3.32. The molecule has 1 N–H and O–H groups in total. The first-order valence-electron chi connectivity index (χ1n) is 6.29. The van der Waals surface area contributed by atoms with Crippen molar-refractivity contribution in [2.45, 2.75) is 32.0 Å². The third-order valence-corrected chi connectivity index (χ3v) is 3.84. The summed E-state index contributed by atoms with van der Waals surface area (Å²) in [7, 11) is 0. The number of aromatic nitrogens is 2. The monoisotopic (exact) mass is 353 g/mol. The summed E-state index contributed by atoms with van der Waals surface area (Å²) in [5, 5.41) is 7.91. The van der Waals surface area contributed by atoms with E-state index in [4.69, 9.17) is 0 Å². The summed E-state index contributed by atoms with van der Waals surface area (Å²) in [5.41, 5.74) is 2.56. The molecule has 1 aliphatic rings. The Kier molecular flexibility index (Phi) is 3.65. The minimum absolute atomic E-state index is 0.754. The molecule has 0 radical (unpaired) electrons. The Morgan fingerprint density at radius 3 is 2.72 bits per heavy atom. The van der Waals surface area contributed by atoms with Gasteiger partial charge in [0.25, 0.3) is 0 Å². The number of hydrogen-bond donors (Lipinski definition) is 1. The molecule has 1 aromatic heterocycles. The van der Waals surface area contributed by atoms with Gasteiger partial charge in [-0.1, -0.05) is 12.1 Å². The maximum Gasteiger partial charge on any atom is 0.0659 e. The van der Waals surface area contributed by atoms with Crippen LogP contribution >= 0.6 is 22.6 Å². The Balaban J connectivity index is 1.60. The van der Waals surface area contributed by atoms with Crippen molar-refractivity contribution in [3.05, 3.63) is 51.4 Å². The van der Waals surface area contributed by atoms with Crippen molar-refractivity contribution in [3.8, 4) is 0 Å². The lowest BCUT2D eigenvalue weighted by molar-refractivity contribution is 0.675. The Hall–Kier alpha value is -0.880. The third-order valence-electron chi connectivity index (χ3n) is 3.12. The van der Waals surface area contributed by atoms with Gasteiger partial charge in [0.2, 0.25) is 0 Å². The second-order valence-corrected chi connectivity index (χ2v) is 6.07. The molecule has 0 bridgehead atoms. The van der Waals surface area contributed by atoms with E-state index in [0.717, 1.165) is 19.1 Å². The van der Waals surface area contributed by atoms with Gasteiger partial charge < -0.3 is 5.32 Å². The van der Waals surface area contributed by atoms with Crippen LogP contribution in [0.2, 0.25) is 0 Å². The molecule has 2 aromatic rings. The molecule has 3 nitrogen and oxygen atoms in total. The summed E-state index contributed by atoms with van der Waals surface area (Å²) in [6, 6.07) is 9.34. The lowest BCUT2D eigenvalue weighted by Crippen LogP contribution is -2.14. The fraction of sp³-hybridized carbons (Fsp3) is 0.357. The van der Waals surface area contributed by atoms with Crippen molar-refractivity contribution in [1.29, 1.82) is 0 Å². The number of nitrogens with zero attached hydrogens (tertiary/aromatic N) is 2. The van der Waals surface area contributed by atoms with E-state index in [1.807, 2.05) is 10.9 Å². The lowest BCUT2D eigenvalue weighted by Gasteiger charge is -2.02. The quantitative estimate of drug-likeness (QED) is 0.838. The topological polar surface area (TPSA) is 29.9 Å². The van der Waals surface area contributed by atoms with Gasteiger partial charge in [0, 0.05) is 27.9 Å². The van der Waals surface area contributed by atoms with E-state index in [1.165, 1.54) is 27.5 Å². The Morgan fingerprint density at radius 2 is 2.00 bits per heavy atom. The first-order chi connectivity index (χ1) is 8.79. The second kappa shape index (κ2) is 5.40. The van der Waals surface area contributed by atoms with Crippen molar-refractivity contribution in [3.63, 3.8) is 0 Å². The van der Waals surface area contributed by atoms with E-state index in [0.29, 0.717) is 0 Å². The van der Waals surface area contributed by atoms with Gasteiger partial charge in [-0.15, -0.1) is 0 Å². The van der Waals surface area contributed by atoms with Gasteiger partial charge in [-0.3, -0.25) is 4.68 Å². The SMILES string of the molecule is Ic1ccc(Cn2cc(CNC3CC3)cn2)cc1. The molecule has 0 saturated heterocycles. The summed E-state index contributed by atoms with van der Waals surface area (Å²) >= 11 is 2.32. The summed E-state index contributed by atoms with van der Waals surface area (Å²) < 4.78 is 3.28. The van der Waals surface area contributed by atoms with Crippen LogP contribution in [-0.2, 0) is 13.1 Å². The first kappa shape index (κ1) is 12.2. The van der Waals surface area contributed by atoms with Gasteiger partial charge >= 0.3 is 0 Å². The van der Waals surface area contributed by atoms with Gasteiger partial charge in [-0.05, 0) is 53.1 Å². The summed E-state index contributed by atoms with van der Waals surface area (Å²) in [5.74, 6) is 0. The highest BCUT2D eigenvalue weighted by atomic mass is 127. The molecule has 94 valence electrons. The number of halogens is 1. The van der Waals surface area contributed by atoms with Crippen molar-refractivity contribution in [2.24, 2.45) is 0 Å². The highest BCUT2D eigenvalue weighted by Gasteiger charge is 2.20. The van der Waals surface area contributed by atoms with Gasteiger partial charge in [0.15, 0.2) is 0 Å². The first-order valence-corrected chi connectivity index (χ1v) is 7.36. The molecule has 3 rings (SSSR count). The smallest absolute Gasteiger partial charge is 0.0659 e. The van der Waals surface area contributed by atoms with Crippen LogP contribution in [0.4, 0.5) is 0 Å². The van der Waals surface area contributed by atoms with E-state index in [1.54, 1.807) is 0 Å². The zero-order valence-corrected chi connectivity index (χ0v) is 12.3. The van der Waals surface area contributed by atoms with Crippen LogP contribution in [0.15, 0.2) is 36.7 Å². The van der Waals surface area contributed by atoms with Gasteiger partial charge in [-0.25, -0.2) is 0 Å². The van der Waals surface area contributed by atoms with Crippen LogP contribution in [-0.4, -0.2) is 15.8 Å². The van der Waals surface area contributed by atoms with Crippen molar-refractivity contribution < 1.29 is 0 Å². The average molecular weight is 353 g/mol. The summed E-state index contributed by atoms with van der Waals surface area (Å²) in [6.07, 6.45) is 6.75. The average Bonchev–Trinajstić information content (AvgIpc) is 3.10. The molecule has 0 unspecified atom stereocenters. The fourth-order valence-electron chi connectivity index (χ4n) is 1.91. The maximum absolute atomic E-state index is 4.41. The highest BCUT2D eigenvalue weighted by Crippen LogP contribution is 2.19. The molecule has 1 fully saturated rings. The number of rotatable bonds is 5. The predicted molar refractivity (Wildman–Crippen MR) is 80.3 cm³/mol. The van der Waals surface area contributed by atoms with E-state index in [2.05, 4.69) is 63.5 Å². The van der Waals surface area contributed by atoms with Crippen LogP contribution in [0.5, 0.6) is 0 Å². The fourth-order valence-corrected chi connectivity index (χ4v) is 2.27. The Morgan fingerprint density at radius 1 is 1.22 bits per heavy atom. The zero-order chi connectivity index (χ0) is 12.4. The van der Waals surface area contributed by atoms with E-state index < -0.39 is 0 Å². The van der Waals surface area contributed by atoms with Crippen LogP contribution in [0, 0.1) is 3.57 Å². The van der Waals surface area contributed by atoms with Crippen molar-refractivity contribution in [1.82, 2.24) is 15.1 Å². The minimum Gasteiger partial charge on any atom is -0.310 e. The van der Waals surface area contributed by atoms with Crippen LogP contribution in [0.1, 0.15) is 24.0 Å². The molecule has 0 aliphatic heterocycles. The van der Waals surface area contributed by atoms with Crippen LogP contribution < -0.4 is 5.32 Å². The normalized spacial score (nSPS) is 14.9. The molecular formula is C14H16IN3. The van der Waals surface area contributed by atoms with Crippen LogP contribution in [0.3, 0.4) is 0 Å². The number of benzene rings is 1. The molecular weight excluding hydrogens is 337 g/mol. The van der Waals surface area contributed by atoms with Crippen LogP contribution in [0.25, 0.3) is 0 Å². The summed E-state index contributed by atoms with van der Waals surface area (Å²) in [4.78, 5) is 0. The largest absolute Gasteiger partial charge is 0.310 e. The van der Waals surface area contributed by atoms with E-state index in [-0.39, 0.29) is 0 Å². The number of nitrogens with one attached hydrogen (secondary N) is 1. The molecule has 1 saturated carbocycles. The molecule has 0 amide bonds. The molecule has 0 atom stereocenters. The minimum atomic E-state index is 0.754. The number of hydrogen-bond acceptors (Lipinski definition) is 2. The van der Waals surface area contributed by atoms with Crippen molar-refractivity contribution in [2.75, 3.05) is 0 Å². The highest BCUT2D eigenvalue weighted by molar-refractivity contribution is 14.1. The molecule has 4 heteroatoms. The van der Waals surface area contributed by atoms with E-state index in [9.17, 15) is 0 Å². The van der Waals surface area contributed by atoms with Gasteiger partial charge in [0.1, 0.15) is 0 Å². The standard InChI is InChI=1S/C14H16IN3/c15-13-3-1-11(2-4-13)9-18-10-12(8-17-18)7-16-14-5-6-14/h1-4,8,10,14,16H,5-7,9H2. The van der Waals surface area contributed by atoms with Gasteiger partial charge in [0.05, 0.1) is 12.7 Å². The maximum atomic E-state index is 4.41. The van der Waals surface area contributed by atoms with E-state index >= 15 is 0 Å². The van der Waals surface area contributed by atoms with Crippen molar-refractivity contribution >= 4 is 22.6 Å². The molecule has 0 spiro atoms. The zero-order valence-electron chi connectivity index (χ0n) is 10.1. The molecule has 1 heterocycles.